The molecule has 0 unspecified atom stereocenters. The monoisotopic (exact) mass is 291 g/mol. The van der Waals surface area contributed by atoms with Gasteiger partial charge in [-0.15, -0.1) is 0 Å². The first-order chi connectivity index (χ1) is 0. The van der Waals surface area contributed by atoms with Crippen molar-refractivity contribution in [2.45, 2.75) is 0 Å². The number of hydrogen-bond donors (Lipinski definition) is 0. The quantitative estimate of drug-likeness (QED) is 0.398. The Hall–Kier alpha value is 1.95. The molecule has 0 aliphatic heterocycles. The van der Waals surface area contributed by atoms with E-state index in [1.165, 1.54) is 0 Å². The van der Waals surface area contributed by atoms with E-state index < -0.39 is 0 Å². The standard InChI is InChI=1S/Au.ClH.Na.2H2O/h;1H;;2*1H2/q;;+1;;/p-1. The number of halogens is 1. The molecule has 0 saturated heterocycles. The van der Waals surface area contributed by atoms with Crippen molar-refractivity contribution >= 4 is 0 Å². The molecule has 0 rings (SSSR count). The van der Waals surface area contributed by atoms with Gasteiger partial charge >= 0.3 is 29.6 Å². The topological polar surface area (TPSA) is 63.0 Å². The van der Waals surface area contributed by atoms with Crippen LogP contribution in [-0.2, 0) is 22.4 Å². The fraction of sp³-hybridized carbons (Fsp3) is 0. The van der Waals surface area contributed by atoms with Crippen molar-refractivity contribution in [2.75, 3.05) is 0 Å². The molecule has 5 heteroatoms. The van der Waals surface area contributed by atoms with Crippen LogP contribution in [0.2, 0.25) is 0 Å². The van der Waals surface area contributed by atoms with Gasteiger partial charge in [0.25, 0.3) is 0 Å². The zero-order valence-electron chi connectivity index (χ0n) is 2.68. The van der Waals surface area contributed by atoms with Crippen LogP contribution in [-0.4, -0.2) is 11.0 Å². The first kappa shape index (κ1) is 64.7. The van der Waals surface area contributed by atoms with Crippen molar-refractivity contribution in [2.24, 2.45) is 0 Å². The van der Waals surface area contributed by atoms with Crippen LogP contribution in [0.4, 0.5) is 0 Å². The third-order valence-corrected chi connectivity index (χ3v) is 0. The average Bonchev–Trinajstić information content (AvgIpc) is 0. The third-order valence-electron chi connectivity index (χ3n) is 0. The van der Waals surface area contributed by atoms with E-state index in [1.54, 1.807) is 0 Å². The van der Waals surface area contributed by atoms with Crippen LogP contribution in [0.3, 0.4) is 0 Å². The van der Waals surface area contributed by atoms with Crippen LogP contribution in [0.5, 0.6) is 0 Å². The summed E-state index contributed by atoms with van der Waals surface area (Å²) in [7, 11) is 0. The molecule has 0 aliphatic rings. The minimum Gasteiger partial charge on any atom is -1.00 e. The minimum absolute atomic E-state index is 0. The van der Waals surface area contributed by atoms with Crippen LogP contribution >= 0.6 is 0 Å². The van der Waals surface area contributed by atoms with E-state index in [-0.39, 0.29) is 75.3 Å². The molecule has 0 fully saturated rings. The molecular weight excluding hydrogens is 287 g/mol. The molecule has 1 radical (unpaired) electrons. The second-order valence-corrected chi connectivity index (χ2v) is 0. The summed E-state index contributed by atoms with van der Waals surface area (Å²) in [6.45, 7) is 0. The van der Waals surface area contributed by atoms with Crippen molar-refractivity contribution in [1.29, 1.82) is 0 Å². The summed E-state index contributed by atoms with van der Waals surface area (Å²) in [6.07, 6.45) is 0. The fourth-order valence-corrected chi connectivity index (χ4v) is 0. The molecule has 2 nitrogen and oxygen atoms in total. The van der Waals surface area contributed by atoms with Gasteiger partial charge in [0.15, 0.2) is 0 Å². The first-order valence-electron chi connectivity index (χ1n) is 0. The average molecular weight is 291 g/mol. The summed E-state index contributed by atoms with van der Waals surface area (Å²) in [5, 5.41) is 0. The summed E-state index contributed by atoms with van der Waals surface area (Å²) in [6, 6.07) is 0. The second-order valence-electron chi connectivity index (χ2n) is 0. The van der Waals surface area contributed by atoms with Crippen molar-refractivity contribution in [3.63, 3.8) is 0 Å². The largest absolute Gasteiger partial charge is 1.00 e. The Morgan fingerprint density at radius 3 is 0.800 bits per heavy atom. The van der Waals surface area contributed by atoms with E-state index in [0.717, 1.165) is 0 Å². The molecule has 35 valence electrons. The Balaban J connectivity index is 0. The molecule has 0 aromatic rings. The van der Waals surface area contributed by atoms with Gasteiger partial charge in [-0.1, -0.05) is 0 Å². The smallest absolute Gasteiger partial charge is 1.00 e. The molecule has 0 aliphatic carbocycles. The third kappa shape index (κ3) is 24.4. The first-order valence-corrected chi connectivity index (χ1v) is 0. The number of rotatable bonds is 0. The van der Waals surface area contributed by atoms with E-state index >= 15 is 0 Å². The maximum atomic E-state index is 0. The van der Waals surface area contributed by atoms with Crippen molar-refractivity contribution in [3.05, 3.63) is 0 Å². The minimum atomic E-state index is 0. The van der Waals surface area contributed by atoms with E-state index in [4.69, 9.17) is 0 Å². The molecule has 5 heavy (non-hydrogen) atoms. The van der Waals surface area contributed by atoms with Crippen molar-refractivity contribution in [3.8, 4) is 0 Å². The van der Waals surface area contributed by atoms with E-state index in [2.05, 4.69) is 0 Å². The Morgan fingerprint density at radius 2 is 0.800 bits per heavy atom. The van der Waals surface area contributed by atoms with Gasteiger partial charge in [-0.3, -0.25) is 0 Å². The molecule has 0 saturated carbocycles. The summed E-state index contributed by atoms with van der Waals surface area (Å²) in [5.41, 5.74) is 0. The van der Waals surface area contributed by atoms with Gasteiger partial charge in [-0.2, -0.15) is 0 Å². The van der Waals surface area contributed by atoms with Gasteiger partial charge in [0.05, 0.1) is 0 Å². The van der Waals surface area contributed by atoms with Crippen molar-refractivity contribution < 1.29 is 75.3 Å². The van der Waals surface area contributed by atoms with Gasteiger partial charge in [0.2, 0.25) is 0 Å². The van der Waals surface area contributed by atoms with Crippen LogP contribution in [0.1, 0.15) is 0 Å². The van der Waals surface area contributed by atoms with Gasteiger partial charge < -0.3 is 23.4 Å². The maximum Gasteiger partial charge on any atom is 1.00 e. The zero-order chi connectivity index (χ0) is 0. The Morgan fingerprint density at radius 1 is 0.800 bits per heavy atom. The molecular formula is H4AuClNaO2. The Labute approximate surface area is 74.5 Å². The van der Waals surface area contributed by atoms with E-state index in [1.807, 2.05) is 0 Å². The van der Waals surface area contributed by atoms with Crippen molar-refractivity contribution in [1.82, 2.24) is 0 Å². The molecule has 0 heterocycles. The molecule has 0 bridgehead atoms. The number of hydrogen-bond acceptors (Lipinski definition) is 0. The van der Waals surface area contributed by atoms with Crippen LogP contribution in [0.25, 0.3) is 0 Å². The van der Waals surface area contributed by atoms with Gasteiger partial charge in [0.1, 0.15) is 0 Å². The Kier molecular flexibility index (Phi) is 496. The van der Waals surface area contributed by atoms with Crippen LogP contribution < -0.4 is 42.0 Å². The molecule has 0 amide bonds. The maximum absolute atomic E-state index is 0. The van der Waals surface area contributed by atoms with E-state index in [9.17, 15) is 0 Å². The summed E-state index contributed by atoms with van der Waals surface area (Å²) in [4.78, 5) is 0. The molecule has 0 aromatic heterocycles. The van der Waals surface area contributed by atoms with Crippen LogP contribution in [0, 0.1) is 0 Å². The van der Waals surface area contributed by atoms with Crippen LogP contribution in [0.15, 0.2) is 0 Å². The summed E-state index contributed by atoms with van der Waals surface area (Å²) < 4.78 is 0. The summed E-state index contributed by atoms with van der Waals surface area (Å²) in [5.74, 6) is 0. The molecule has 0 spiro atoms. The molecule has 4 N–H and O–H groups in total. The summed E-state index contributed by atoms with van der Waals surface area (Å²) >= 11 is 0. The molecule has 0 aromatic carbocycles. The Bertz CT molecular complexity index is 9.61. The zero-order valence-corrected chi connectivity index (χ0v) is 7.60. The normalized spacial score (nSPS) is 0. The van der Waals surface area contributed by atoms with Gasteiger partial charge in [-0.25, -0.2) is 0 Å². The van der Waals surface area contributed by atoms with Gasteiger partial charge in [-0.05, 0) is 0 Å². The fourth-order valence-electron chi connectivity index (χ4n) is 0. The van der Waals surface area contributed by atoms with Gasteiger partial charge in [0, 0.05) is 22.4 Å². The predicted octanol–water partition coefficient (Wildman–Crippen LogP) is -7.64. The van der Waals surface area contributed by atoms with E-state index in [0.29, 0.717) is 0 Å². The molecule has 0 atom stereocenters. The predicted molar refractivity (Wildman–Crippen MR) is 7.23 cm³/mol. The second kappa shape index (κ2) is 38.3. The SMILES string of the molecule is O.O.[Au].[Cl-].[Na+].